The van der Waals surface area contributed by atoms with Crippen LogP contribution in [0.5, 0.6) is 0 Å². The summed E-state index contributed by atoms with van der Waals surface area (Å²) in [7, 11) is 1.83. The highest BCUT2D eigenvalue weighted by atomic mass is 16.2. The van der Waals surface area contributed by atoms with Gasteiger partial charge in [0.1, 0.15) is 0 Å². The highest BCUT2D eigenvalue weighted by Gasteiger charge is 2.15. The number of hydrogen-bond acceptors (Lipinski definition) is 2. The van der Waals surface area contributed by atoms with Crippen LogP contribution in [0.1, 0.15) is 32.9 Å². The van der Waals surface area contributed by atoms with Crippen molar-refractivity contribution in [1.82, 2.24) is 14.8 Å². The van der Waals surface area contributed by atoms with Crippen LogP contribution in [0.3, 0.4) is 0 Å². The van der Waals surface area contributed by atoms with Crippen LogP contribution in [0.4, 0.5) is 0 Å². The van der Waals surface area contributed by atoms with Crippen LogP contribution in [0, 0.1) is 0 Å². The van der Waals surface area contributed by atoms with Crippen LogP contribution in [0.15, 0.2) is 18.3 Å². The van der Waals surface area contributed by atoms with E-state index in [0.717, 1.165) is 26.1 Å². The summed E-state index contributed by atoms with van der Waals surface area (Å²) in [5, 5.41) is 3.29. The minimum Gasteiger partial charge on any atom is -0.350 e. The summed E-state index contributed by atoms with van der Waals surface area (Å²) in [5.74, 6) is 0.145. The Balaban J connectivity index is 2.49. The second-order valence-electron chi connectivity index (χ2n) is 4.65. The molecule has 102 valence electrons. The van der Waals surface area contributed by atoms with E-state index in [9.17, 15) is 4.79 Å². The van der Waals surface area contributed by atoms with Crippen molar-refractivity contribution < 1.29 is 4.79 Å². The van der Waals surface area contributed by atoms with Crippen molar-refractivity contribution in [3.05, 3.63) is 24.0 Å². The molecule has 4 nitrogen and oxygen atoms in total. The summed E-state index contributed by atoms with van der Waals surface area (Å²) < 4.78 is 2.23. The molecular weight excluding hydrogens is 226 g/mol. The Bertz CT molecular complexity index is 373. The molecule has 18 heavy (non-hydrogen) atoms. The first kappa shape index (κ1) is 14.8. The Labute approximate surface area is 110 Å². The highest BCUT2D eigenvalue weighted by molar-refractivity contribution is 5.81. The van der Waals surface area contributed by atoms with E-state index in [1.54, 1.807) is 4.90 Å². The van der Waals surface area contributed by atoms with E-state index in [4.69, 9.17) is 0 Å². The quantitative estimate of drug-likeness (QED) is 0.803. The average molecular weight is 251 g/mol. The fourth-order valence-corrected chi connectivity index (χ4v) is 1.90. The molecule has 1 atom stereocenters. The normalized spacial score (nSPS) is 12.4. The number of nitrogens with zero attached hydrogens (tertiary/aromatic N) is 2. The van der Waals surface area contributed by atoms with Gasteiger partial charge in [-0.05, 0) is 32.4 Å². The smallest absolute Gasteiger partial charge is 0.239 e. The van der Waals surface area contributed by atoms with Gasteiger partial charge in [-0.1, -0.05) is 6.92 Å². The molecule has 0 fully saturated rings. The molecule has 1 amide bonds. The van der Waals surface area contributed by atoms with Crippen LogP contribution in [-0.2, 0) is 17.9 Å². The van der Waals surface area contributed by atoms with Crippen molar-refractivity contribution in [3.63, 3.8) is 0 Å². The third-order valence-electron chi connectivity index (χ3n) is 3.20. The zero-order valence-electron chi connectivity index (χ0n) is 11.9. The second-order valence-corrected chi connectivity index (χ2v) is 4.65. The number of carbonyl (C=O) groups is 1. The molecule has 0 saturated carbocycles. The molecule has 0 aromatic carbocycles. The van der Waals surface area contributed by atoms with Gasteiger partial charge in [-0.2, -0.15) is 0 Å². The van der Waals surface area contributed by atoms with E-state index in [0.29, 0.717) is 0 Å². The van der Waals surface area contributed by atoms with E-state index < -0.39 is 0 Å². The predicted molar refractivity (Wildman–Crippen MR) is 74.3 cm³/mol. The Morgan fingerprint density at radius 1 is 1.50 bits per heavy atom. The molecule has 0 saturated heterocycles. The molecule has 0 aliphatic rings. The van der Waals surface area contributed by atoms with Crippen molar-refractivity contribution in [3.8, 4) is 0 Å². The van der Waals surface area contributed by atoms with Crippen LogP contribution >= 0.6 is 0 Å². The number of carbonyl (C=O) groups excluding carboxylic acids is 1. The lowest BCUT2D eigenvalue weighted by atomic mass is 10.2. The highest BCUT2D eigenvalue weighted by Crippen LogP contribution is 2.04. The van der Waals surface area contributed by atoms with E-state index in [1.807, 2.05) is 20.9 Å². The largest absolute Gasteiger partial charge is 0.350 e. The van der Waals surface area contributed by atoms with Crippen molar-refractivity contribution in [2.24, 2.45) is 0 Å². The second kappa shape index (κ2) is 7.21. The lowest BCUT2D eigenvalue weighted by Crippen LogP contribution is -2.42. The summed E-state index contributed by atoms with van der Waals surface area (Å²) in [6, 6.07) is 4.01. The summed E-state index contributed by atoms with van der Waals surface area (Å²) in [5.41, 5.74) is 1.23. The van der Waals surface area contributed by atoms with Gasteiger partial charge in [0.05, 0.1) is 6.04 Å². The molecule has 1 rings (SSSR count). The fourth-order valence-electron chi connectivity index (χ4n) is 1.90. The maximum Gasteiger partial charge on any atom is 0.239 e. The Kier molecular flexibility index (Phi) is 5.92. The van der Waals surface area contributed by atoms with Gasteiger partial charge in [0.25, 0.3) is 0 Å². The standard InChI is InChI=1S/C14H25N3O/c1-5-9-17-10-7-8-13(17)11-15-12(3)14(18)16(4)6-2/h7-8,10,12,15H,5-6,9,11H2,1-4H3. The Morgan fingerprint density at radius 2 is 2.22 bits per heavy atom. The minimum atomic E-state index is -0.139. The Hall–Kier alpha value is -1.29. The number of amides is 1. The van der Waals surface area contributed by atoms with Gasteiger partial charge in [0, 0.05) is 38.6 Å². The van der Waals surface area contributed by atoms with Crippen molar-refractivity contribution in [2.75, 3.05) is 13.6 Å². The lowest BCUT2D eigenvalue weighted by molar-refractivity contribution is -0.131. The zero-order valence-corrected chi connectivity index (χ0v) is 11.9. The summed E-state index contributed by atoms with van der Waals surface area (Å²) in [4.78, 5) is 13.6. The number of hydrogen-bond donors (Lipinski definition) is 1. The number of aryl methyl sites for hydroxylation is 1. The van der Waals surface area contributed by atoms with E-state index in [2.05, 4.69) is 35.1 Å². The topological polar surface area (TPSA) is 37.3 Å². The molecule has 0 aliphatic carbocycles. The third kappa shape index (κ3) is 3.88. The average Bonchev–Trinajstić information content (AvgIpc) is 2.82. The van der Waals surface area contributed by atoms with Gasteiger partial charge in [0.2, 0.25) is 5.91 Å². The van der Waals surface area contributed by atoms with Gasteiger partial charge >= 0.3 is 0 Å². The summed E-state index contributed by atoms with van der Waals surface area (Å²) in [6.07, 6.45) is 3.21. The van der Waals surface area contributed by atoms with Gasteiger partial charge in [-0.15, -0.1) is 0 Å². The molecule has 0 bridgehead atoms. The van der Waals surface area contributed by atoms with Crippen LogP contribution in [0.25, 0.3) is 0 Å². The monoisotopic (exact) mass is 251 g/mol. The van der Waals surface area contributed by atoms with Gasteiger partial charge in [0.15, 0.2) is 0 Å². The molecule has 4 heteroatoms. The van der Waals surface area contributed by atoms with Crippen molar-refractivity contribution in [2.45, 2.75) is 46.3 Å². The zero-order chi connectivity index (χ0) is 13.5. The van der Waals surface area contributed by atoms with E-state index >= 15 is 0 Å². The van der Waals surface area contributed by atoms with Gasteiger partial charge in [-0.25, -0.2) is 0 Å². The summed E-state index contributed by atoms with van der Waals surface area (Å²) in [6.45, 7) is 8.58. The van der Waals surface area contributed by atoms with E-state index in [1.165, 1.54) is 5.69 Å². The fraction of sp³-hybridized carbons (Fsp3) is 0.643. The van der Waals surface area contributed by atoms with Gasteiger partial charge < -0.3 is 14.8 Å². The third-order valence-corrected chi connectivity index (χ3v) is 3.20. The molecule has 1 aromatic heterocycles. The van der Waals surface area contributed by atoms with Crippen LogP contribution in [-0.4, -0.2) is 35.0 Å². The summed E-state index contributed by atoms with van der Waals surface area (Å²) >= 11 is 0. The molecule has 1 heterocycles. The van der Waals surface area contributed by atoms with E-state index in [-0.39, 0.29) is 11.9 Å². The number of aromatic nitrogens is 1. The molecule has 1 unspecified atom stereocenters. The molecule has 1 N–H and O–H groups in total. The van der Waals surface area contributed by atoms with Crippen molar-refractivity contribution >= 4 is 5.91 Å². The first-order valence-electron chi connectivity index (χ1n) is 6.72. The number of nitrogens with one attached hydrogen (secondary N) is 1. The number of likely N-dealkylation sites (N-methyl/N-ethyl adjacent to an activating group) is 1. The van der Waals surface area contributed by atoms with Crippen LogP contribution < -0.4 is 5.32 Å². The first-order chi connectivity index (χ1) is 8.60. The molecule has 0 spiro atoms. The first-order valence-corrected chi connectivity index (χ1v) is 6.72. The molecule has 0 radical (unpaired) electrons. The molecular formula is C14H25N3O. The maximum atomic E-state index is 11.9. The van der Waals surface area contributed by atoms with Crippen molar-refractivity contribution in [1.29, 1.82) is 0 Å². The SMILES string of the molecule is CCCn1cccc1CNC(C)C(=O)N(C)CC. The minimum absolute atomic E-state index is 0.139. The van der Waals surface area contributed by atoms with Crippen LogP contribution in [0.2, 0.25) is 0 Å². The maximum absolute atomic E-state index is 11.9. The number of rotatable bonds is 7. The molecule has 1 aromatic rings. The Morgan fingerprint density at radius 3 is 2.83 bits per heavy atom. The molecule has 0 aliphatic heterocycles. The lowest BCUT2D eigenvalue weighted by Gasteiger charge is -2.21. The van der Waals surface area contributed by atoms with Gasteiger partial charge in [-0.3, -0.25) is 4.79 Å². The predicted octanol–water partition coefficient (Wildman–Crippen LogP) is 1.85.